The van der Waals surface area contributed by atoms with Crippen molar-refractivity contribution in [1.82, 2.24) is 10.3 Å². The van der Waals surface area contributed by atoms with Crippen LogP contribution in [0, 0.1) is 12.8 Å². The predicted octanol–water partition coefficient (Wildman–Crippen LogP) is 4.36. The Kier molecular flexibility index (Phi) is 6.74. The second-order valence-electron chi connectivity index (χ2n) is 9.43. The highest BCUT2D eigenvalue weighted by Crippen LogP contribution is 2.51. The molecule has 2 fully saturated rings. The van der Waals surface area contributed by atoms with E-state index in [1.165, 1.54) is 6.07 Å². The summed E-state index contributed by atoms with van der Waals surface area (Å²) in [5, 5.41) is 2.99. The van der Waals surface area contributed by atoms with Crippen LogP contribution in [-0.2, 0) is 21.0 Å². The molecule has 1 aliphatic carbocycles. The third kappa shape index (κ3) is 5.88. The number of aromatic nitrogens is 1. The molecule has 2 N–H and O–H groups in total. The van der Waals surface area contributed by atoms with Crippen molar-refractivity contribution in [3.8, 4) is 0 Å². The van der Waals surface area contributed by atoms with Crippen LogP contribution in [-0.4, -0.2) is 38.7 Å². The van der Waals surface area contributed by atoms with Gasteiger partial charge in [-0.05, 0) is 67.9 Å². The molecule has 35 heavy (non-hydrogen) atoms. The van der Waals surface area contributed by atoms with Gasteiger partial charge < -0.3 is 10.2 Å². The monoisotopic (exact) mass is 510 g/mol. The Balaban J connectivity index is 1.46. The lowest BCUT2D eigenvalue weighted by Gasteiger charge is -2.22. The first kappa shape index (κ1) is 25.3. The van der Waals surface area contributed by atoms with Crippen molar-refractivity contribution in [3.05, 3.63) is 52.7 Å². The van der Waals surface area contributed by atoms with E-state index in [0.29, 0.717) is 36.6 Å². The largest absolute Gasteiger partial charge is 0.433 e. The molecule has 0 bridgehead atoms. The summed E-state index contributed by atoms with van der Waals surface area (Å²) in [7, 11) is -3.40. The lowest BCUT2D eigenvalue weighted by atomic mass is 10.0. The molecule has 2 aliphatic rings. The van der Waals surface area contributed by atoms with Gasteiger partial charge >= 0.3 is 6.18 Å². The van der Waals surface area contributed by atoms with Crippen LogP contribution in [0.4, 0.5) is 24.7 Å². The Morgan fingerprint density at radius 3 is 2.46 bits per heavy atom. The average Bonchev–Trinajstić information content (AvgIpc) is 3.37. The van der Waals surface area contributed by atoms with E-state index in [1.54, 1.807) is 19.1 Å². The molecule has 1 saturated carbocycles. The fourth-order valence-electron chi connectivity index (χ4n) is 4.59. The number of amides is 1. The summed E-state index contributed by atoms with van der Waals surface area (Å²) in [6.45, 7) is 4.93. The molecule has 7 nitrogen and oxygen atoms in total. The quantitative estimate of drug-likeness (QED) is 0.578. The number of sulfonamides is 1. The van der Waals surface area contributed by atoms with E-state index in [-0.39, 0.29) is 23.8 Å². The maximum absolute atomic E-state index is 13.3. The fourth-order valence-corrected chi connectivity index (χ4v) is 5.22. The van der Waals surface area contributed by atoms with E-state index < -0.39 is 21.9 Å². The minimum Gasteiger partial charge on any atom is -0.356 e. The number of hydrogen-bond donors (Lipinski definition) is 2. The highest BCUT2D eigenvalue weighted by Gasteiger charge is 2.47. The molecule has 11 heteroatoms. The Hall–Kier alpha value is -2.82. The third-order valence-electron chi connectivity index (χ3n) is 6.53. The molecular formula is C24H29F3N4O3S. The van der Waals surface area contributed by atoms with Crippen LogP contribution >= 0.6 is 0 Å². The number of aryl methyl sites for hydroxylation is 1. The van der Waals surface area contributed by atoms with Gasteiger partial charge in [0.2, 0.25) is 15.9 Å². The zero-order valence-corrected chi connectivity index (χ0v) is 20.6. The number of carbonyl (C=O) groups excluding carboxylic acids is 1. The smallest absolute Gasteiger partial charge is 0.356 e. The van der Waals surface area contributed by atoms with E-state index in [2.05, 4.69) is 15.0 Å². The maximum Gasteiger partial charge on any atom is 0.433 e. The van der Waals surface area contributed by atoms with Gasteiger partial charge in [0.1, 0.15) is 11.5 Å². The number of anilines is 2. The van der Waals surface area contributed by atoms with Crippen molar-refractivity contribution in [2.45, 2.75) is 51.2 Å². The van der Waals surface area contributed by atoms with E-state index in [9.17, 15) is 26.4 Å². The Morgan fingerprint density at radius 2 is 1.86 bits per heavy atom. The van der Waals surface area contributed by atoms with Crippen LogP contribution in [0.5, 0.6) is 0 Å². The zero-order valence-electron chi connectivity index (χ0n) is 19.8. The van der Waals surface area contributed by atoms with E-state index in [1.807, 2.05) is 17.9 Å². The molecule has 1 saturated heterocycles. The number of benzene rings is 1. The number of alkyl halides is 3. The van der Waals surface area contributed by atoms with Crippen molar-refractivity contribution >= 4 is 27.4 Å². The Labute approximate surface area is 203 Å². The molecule has 1 aliphatic heterocycles. The minimum atomic E-state index is -4.52. The van der Waals surface area contributed by atoms with Crippen molar-refractivity contribution < 1.29 is 26.4 Å². The van der Waals surface area contributed by atoms with Crippen LogP contribution < -0.4 is 14.9 Å². The van der Waals surface area contributed by atoms with Crippen LogP contribution in [0.2, 0.25) is 0 Å². The summed E-state index contributed by atoms with van der Waals surface area (Å²) >= 11 is 0. The highest BCUT2D eigenvalue weighted by molar-refractivity contribution is 7.92. The first-order valence-electron chi connectivity index (χ1n) is 11.6. The van der Waals surface area contributed by atoms with Crippen molar-refractivity contribution in [2.75, 3.05) is 29.0 Å². The van der Waals surface area contributed by atoms with Crippen LogP contribution in [0.1, 0.15) is 60.5 Å². The van der Waals surface area contributed by atoms with E-state index >= 15 is 0 Å². The molecule has 2 unspecified atom stereocenters. The van der Waals surface area contributed by atoms with Gasteiger partial charge in [-0.2, -0.15) is 13.2 Å². The number of pyridine rings is 1. The average molecular weight is 511 g/mol. The van der Waals surface area contributed by atoms with Gasteiger partial charge in [-0.1, -0.05) is 18.2 Å². The fraction of sp³-hybridized carbons (Fsp3) is 0.500. The molecular weight excluding hydrogens is 481 g/mol. The second-order valence-corrected chi connectivity index (χ2v) is 11.2. The molecule has 1 aromatic heterocycles. The number of carbonyl (C=O) groups is 1. The van der Waals surface area contributed by atoms with Gasteiger partial charge in [-0.15, -0.1) is 0 Å². The molecule has 1 aromatic carbocycles. The SMILES string of the molecule is Cc1cc([C@@H](C)NC(=O)C2CC2c2ccc(C(F)(F)F)nc2N2CCCC2)ccc1NS(C)(=O)=O. The van der Waals surface area contributed by atoms with Crippen molar-refractivity contribution in [1.29, 1.82) is 0 Å². The van der Waals surface area contributed by atoms with Gasteiger partial charge in [-0.25, -0.2) is 13.4 Å². The van der Waals surface area contributed by atoms with Crippen molar-refractivity contribution in [3.63, 3.8) is 0 Å². The molecule has 0 radical (unpaired) electrons. The summed E-state index contributed by atoms with van der Waals surface area (Å²) in [4.78, 5) is 18.8. The second kappa shape index (κ2) is 9.33. The summed E-state index contributed by atoms with van der Waals surface area (Å²) in [6, 6.07) is 7.37. The van der Waals surface area contributed by atoms with Crippen molar-refractivity contribution in [2.24, 2.45) is 5.92 Å². The maximum atomic E-state index is 13.3. The summed E-state index contributed by atoms with van der Waals surface area (Å²) in [5.74, 6) is -0.318. The standard InChI is InChI=1S/C24H29F3N4O3S/c1-14-12-16(6-8-20(14)30-35(3,33)34)15(2)28-23(32)19-13-18(19)17-7-9-21(24(25,26)27)29-22(17)31-10-4-5-11-31/h6-9,12,15,18-19,30H,4-5,10-11,13H2,1-3H3,(H,28,32)/t15-,18?,19?/m1/s1. The topological polar surface area (TPSA) is 91.4 Å². The Morgan fingerprint density at radius 1 is 1.17 bits per heavy atom. The number of halogens is 3. The highest BCUT2D eigenvalue weighted by atomic mass is 32.2. The number of hydrogen-bond acceptors (Lipinski definition) is 5. The van der Waals surface area contributed by atoms with E-state index in [0.717, 1.165) is 36.3 Å². The molecule has 0 spiro atoms. The first-order chi connectivity index (χ1) is 16.3. The predicted molar refractivity (Wildman–Crippen MR) is 128 cm³/mol. The van der Waals surface area contributed by atoms with E-state index in [4.69, 9.17) is 0 Å². The number of nitrogens with zero attached hydrogens (tertiary/aromatic N) is 2. The lowest BCUT2D eigenvalue weighted by Crippen LogP contribution is -2.29. The van der Waals surface area contributed by atoms with Gasteiger partial charge in [-0.3, -0.25) is 9.52 Å². The summed E-state index contributed by atoms with van der Waals surface area (Å²) in [6.07, 6.45) is -1.07. The van der Waals surface area contributed by atoms with Gasteiger partial charge in [0, 0.05) is 19.0 Å². The molecule has 2 aromatic rings. The molecule has 190 valence electrons. The van der Waals surface area contributed by atoms with Crippen LogP contribution in [0.3, 0.4) is 0 Å². The lowest BCUT2D eigenvalue weighted by molar-refractivity contribution is -0.141. The third-order valence-corrected chi connectivity index (χ3v) is 7.12. The number of nitrogens with one attached hydrogen (secondary N) is 2. The Bertz CT molecular complexity index is 1230. The summed E-state index contributed by atoms with van der Waals surface area (Å²) in [5.41, 5.74) is 1.80. The zero-order chi connectivity index (χ0) is 25.5. The minimum absolute atomic E-state index is 0.161. The normalized spacial score (nSPS) is 21.0. The molecule has 4 rings (SSSR count). The molecule has 3 atom stereocenters. The van der Waals surface area contributed by atoms with Crippen LogP contribution in [0.25, 0.3) is 0 Å². The van der Waals surface area contributed by atoms with Gasteiger partial charge in [0.25, 0.3) is 0 Å². The molecule has 1 amide bonds. The molecule has 2 heterocycles. The number of rotatable bonds is 7. The van der Waals surface area contributed by atoms with Crippen LogP contribution in [0.15, 0.2) is 30.3 Å². The first-order valence-corrected chi connectivity index (χ1v) is 13.4. The van der Waals surface area contributed by atoms with Gasteiger partial charge in [0.15, 0.2) is 0 Å². The van der Waals surface area contributed by atoms with Gasteiger partial charge in [0.05, 0.1) is 18.0 Å². The summed E-state index contributed by atoms with van der Waals surface area (Å²) < 4.78 is 65.2.